The number of carboxylic acids is 1. The van der Waals surface area contributed by atoms with Gasteiger partial charge in [0.1, 0.15) is 22.5 Å². The highest BCUT2D eigenvalue weighted by molar-refractivity contribution is 7.09. The second-order valence-electron chi connectivity index (χ2n) is 16.7. The summed E-state index contributed by atoms with van der Waals surface area (Å²) in [4.78, 5) is 79.8. The summed E-state index contributed by atoms with van der Waals surface area (Å²) in [7, 11) is 1.93. The van der Waals surface area contributed by atoms with Gasteiger partial charge in [0.25, 0.3) is 11.8 Å². The predicted octanol–water partition coefficient (Wildman–Crippen LogP) is 6.68. The zero-order valence-electron chi connectivity index (χ0n) is 35.9. The number of hydrogen-bond donors (Lipinski definition) is 4. The van der Waals surface area contributed by atoms with E-state index in [0.717, 1.165) is 49.1 Å². The molecule has 3 amide bonds. The third kappa shape index (κ3) is 14.3. The van der Waals surface area contributed by atoms with E-state index in [9.17, 15) is 34.2 Å². The zero-order valence-corrected chi connectivity index (χ0v) is 36.7. The lowest BCUT2D eigenvalue weighted by molar-refractivity contribution is -0.213. The molecule has 1 aromatic heterocycles. The first-order valence-electron chi connectivity index (χ1n) is 20.8. The summed E-state index contributed by atoms with van der Waals surface area (Å²) in [5, 5.41) is 29.0. The zero-order chi connectivity index (χ0) is 43.2. The predicted molar refractivity (Wildman–Crippen MR) is 223 cm³/mol. The molecule has 0 bridgehead atoms. The van der Waals surface area contributed by atoms with Crippen LogP contribution in [0.4, 0.5) is 0 Å². The Hall–Kier alpha value is -4.08. The molecule has 4 N–H and O–H groups in total. The largest absolute Gasteiger partial charge is 0.508 e. The number of amides is 3. The van der Waals surface area contributed by atoms with Crippen molar-refractivity contribution in [2.24, 2.45) is 17.3 Å². The maximum atomic E-state index is 14.7. The fraction of sp³-hybridized carbons (Fsp3) is 0.674. The lowest BCUT2D eigenvalue weighted by Gasteiger charge is -2.39. The van der Waals surface area contributed by atoms with Crippen LogP contribution in [0, 0.1) is 17.3 Å². The van der Waals surface area contributed by atoms with Crippen LogP contribution in [0.25, 0.3) is 0 Å². The molecule has 14 nitrogen and oxygen atoms in total. The number of likely N-dealkylation sites (N-methyl/N-ethyl adjacent to an activating group) is 1. The Morgan fingerprint density at radius 1 is 1.05 bits per heavy atom. The average molecular weight is 830 g/mol. The number of nitrogens with one attached hydrogen (secondary N) is 2. The normalized spacial score (nSPS) is 17.4. The third-order valence-corrected chi connectivity index (χ3v) is 11.9. The Kier molecular flexibility index (Phi) is 19.1. The van der Waals surface area contributed by atoms with Gasteiger partial charge in [-0.15, -0.1) is 11.3 Å². The van der Waals surface area contributed by atoms with Crippen molar-refractivity contribution in [3.63, 3.8) is 0 Å². The van der Waals surface area contributed by atoms with Gasteiger partial charge in [0.05, 0.1) is 24.1 Å². The number of likely N-dealkylation sites (tertiary alicyclic amines) is 1. The quantitative estimate of drug-likeness (QED) is 0.0532. The van der Waals surface area contributed by atoms with E-state index in [-0.39, 0.29) is 60.6 Å². The number of phenolic OH excluding ortho intramolecular Hbond substituents is 1. The molecule has 2 heterocycles. The van der Waals surface area contributed by atoms with Gasteiger partial charge >= 0.3 is 11.9 Å². The van der Waals surface area contributed by atoms with E-state index in [0.29, 0.717) is 30.7 Å². The first kappa shape index (κ1) is 48.3. The monoisotopic (exact) mass is 829 g/mol. The number of nitrogens with zero attached hydrogens (tertiary/aromatic N) is 3. The molecule has 3 rings (SSSR count). The van der Waals surface area contributed by atoms with Gasteiger partial charge < -0.3 is 25.6 Å². The molecule has 2 unspecified atom stereocenters. The van der Waals surface area contributed by atoms with Crippen LogP contribution in [0.3, 0.4) is 0 Å². The number of carbonyl (C=O) groups excluding carboxylic acids is 4. The Morgan fingerprint density at radius 3 is 2.33 bits per heavy atom. The van der Waals surface area contributed by atoms with E-state index in [1.54, 1.807) is 31.4 Å². The number of thiazole rings is 1. The molecule has 6 atom stereocenters. The van der Waals surface area contributed by atoms with Crippen LogP contribution in [-0.4, -0.2) is 99.2 Å². The molecule has 1 aromatic carbocycles. The van der Waals surface area contributed by atoms with Gasteiger partial charge in [-0.2, -0.15) is 0 Å². The molecule has 1 aliphatic heterocycles. The number of carboxylic acid groups (broad SMARTS) is 1. The van der Waals surface area contributed by atoms with Crippen LogP contribution in [0.15, 0.2) is 29.6 Å². The maximum absolute atomic E-state index is 14.7. The van der Waals surface area contributed by atoms with Crippen LogP contribution >= 0.6 is 11.3 Å². The number of phenols is 1. The van der Waals surface area contributed by atoms with Crippen molar-refractivity contribution < 1.29 is 43.8 Å². The standard InChI is InChI=1S/C43H67N5O9S/c1-10-12-15-22-56-48(41(53)37(28(5)11-2)46-39(52)34-16-13-14-21-47(34)9)35(27(3)4)24-36(57-29(6)49)40-45-33(26-58-40)38(51)44-31(25-43(7,8)42(54)55)23-30-17-19-32(50)20-18-30/h17-20,26-28,31,34-37,50H,10-16,21-25H2,1-9H3,(H,44,51)(H,46,52)(H,54,55)/t28-,31-,34+,35?,36?,37-/m0/s1. The van der Waals surface area contributed by atoms with Crippen molar-refractivity contribution in [3.8, 4) is 5.75 Å². The van der Waals surface area contributed by atoms with E-state index in [1.165, 1.54) is 24.1 Å². The van der Waals surface area contributed by atoms with Crippen LogP contribution in [0.1, 0.15) is 140 Å². The number of benzene rings is 1. The van der Waals surface area contributed by atoms with Gasteiger partial charge in [0, 0.05) is 24.8 Å². The molecule has 2 aromatic rings. The summed E-state index contributed by atoms with van der Waals surface area (Å²) in [5.41, 5.74) is -0.289. The Balaban J connectivity index is 1.94. The SMILES string of the molecule is CCCCCON(C(=O)[C@@H](NC(=O)[C@H]1CCCCN1C)[C@@H](C)CC)C(CC(OC(C)=O)c1nc(C(=O)N[C@@H](Cc2ccc(O)cc2)CC(C)(C)C(=O)O)cs1)C(C)C. The minimum atomic E-state index is -1.15. The number of ether oxygens (including phenoxy) is 1. The highest BCUT2D eigenvalue weighted by atomic mass is 32.1. The molecule has 15 heteroatoms. The Morgan fingerprint density at radius 2 is 1.74 bits per heavy atom. The minimum Gasteiger partial charge on any atom is -0.508 e. The van der Waals surface area contributed by atoms with E-state index in [4.69, 9.17) is 9.57 Å². The first-order valence-corrected chi connectivity index (χ1v) is 21.7. The molecule has 1 aliphatic rings. The molecular formula is C43H67N5O9S. The van der Waals surface area contributed by atoms with E-state index < -0.39 is 47.5 Å². The van der Waals surface area contributed by atoms with Crippen molar-refractivity contribution in [1.82, 2.24) is 25.6 Å². The number of piperidine rings is 1. The second kappa shape index (κ2) is 22.9. The molecule has 1 fully saturated rings. The highest BCUT2D eigenvalue weighted by Crippen LogP contribution is 2.32. The van der Waals surface area contributed by atoms with Crippen molar-refractivity contribution in [3.05, 3.63) is 45.9 Å². The smallest absolute Gasteiger partial charge is 0.309 e. The fourth-order valence-corrected chi connectivity index (χ4v) is 8.00. The van der Waals surface area contributed by atoms with Crippen molar-refractivity contribution in [1.29, 1.82) is 0 Å². The second-order valence-corrected chi connectivity index (χ2v) is 17.6. The summed E-state index contributed by atoms with van der Waals surface area (Å²) in [6.07, 6.45) is 5.47. The molecule has 0 aliphatic carbocycles. The van der Waals surface area contributed by atoms with Gasteiger partial charge in [-0.1, -0.05) is 72.4 Å². The molecule has 0 spiro atoms. The molecule has 0 radical (unpaired) electrons. The summed E-state index contributed by atoms with van der Waals surface area (Å²) in [6, 6.07) is 4.10. The summed E-state index contributed by atoms with van der Waals surface area (Å²) in [6.45, 7) is 15.5. The molecule has 58 heavy (non-hydrogen) atoms. The minimum absolute atomic E-state index is 0.0677. The maximum Gasteiger partial charge on any atom is 0.309 e. The third-order valence-electron chi connectivity index (χ3n) is 11.0. The van der Waals surface area contributed by atoms with Gasteiger partial charge in [-0.25, -0.2) is 10.0 Å². The number of hydrogen-bond acceptors (Lipinski definition) is 11. The van der Waals surface area contributed by atoms with E-state index in [2.05, 4.69) is 22.5 Å². The van der Waals surface area contributed by atoms with E-state index >= 15 is 0 Å². The lowest BCUT2D eigenvalue weighted by atomic mass is 9.84. The van der Waals surface area contributed by atoms with Crippen LogP contribution in [-0.2, 0) is 35.2 Å². The number of aliphatic carboxylic acids is 1. The number of unbranched alkanes of at least 4 members (excludes halogenated alkanes) is 2. The lowest BCUT2D eigenvalue weighted by Crippen LogP contribution is -2.58. The molecular weight excluding hydrogens is 763 g/mol. The summed E-state index contributed by atoms with van der Waals surface area (Å²) in [5.74, 6) is -2.96. The van der Waals surface area contributed by atoms with Gasteiger partial charge in [0.15, 0.2) is 6.10 Å². The fourth-order valence-electron chi connectivity index (χ4n) is 7.16. The number of aromatic hydroxyl groups is 1. The topological polar surface area (TPSA) is 188 Å². The number of aromatic nitrogens is 1. The van der Waals surface area contributed by atoms with Crippen molar-refractivity contribution in [2.45, 2.75) is 150 Å². The van der Waals surface area contributed by atoms with Gasteiger partial charge in [0.2, 0.25) is 5.91 Å². The number of rotatable bonds is 23. The van der Waals surface area contributed by atoms with Crippen LogP contribution in [0.2, 0.25) is 0 Å². The Bertz CT molecular complexity index is 1650. The first-order chi connectivity index (χ1) is 27.4. The van der Waals surface area contributed by atoms with Crippen LogP contribution < -0.4 is 10.6 Å². The van der Waals surface area contributed by atoms with E-state index in [1.807, 2.05) is 39.6 Å². The molecule has 1 saturated heterocycles. The Labute approximate surface area is 348 Å². The summed E-state index contributed by atoms with van der Waals surface area (Å²) >= 11 is 1.14. The van der Waals surface area contributed by atoms with Crippen molar-refractivity contribution in [2.75, 3.05) is 20.2 Å². The molecule has 324 valence electrons. The molecule has 0 saturated carbocycles. The summed E-state index contributed by atoms with van der Waals surface area (Å²) < 4.78 is 5.85. The highest BCUT2D eigenvalue weighted by Gasteiger charge is 2.40. The number of carbonyl (C=O) groups is 5. The number of esters is 1. The van der Waals surface area contributed by atoms with Gasteiger partial charge in [-0.05, 0) is 89.1 Å². The van der Waals surface area contributed by atoms with Gasteiger partial charge in [-0.3, -0.25) is 33.7 Å². The van der Waals surface area contributed by atoms with Crippen molar-refractivity contribution >= 4 is 41.0 Å². The average Bonchev–Trinajstić information content (AvgIpc) is 3.67. The number of hydroxylamine groups is 2. The van der Waals surface area contributed by atoms with Crippen LogP contribution in [0.5, 0.6) is 5.75 Å².